The molecule has 302 valence electrons. The van der Waals surface area contributed by atoms with Gasteiger partial charge in [-0.05, 0) is 85.9 Å². The number of aromatic nitrogens is 4. The summed E-state index contributed by atoms with van der Waals surface area (Å²) in [7, 11) is 0. The molecule has 3 amide bonds. The number of nitrogens with zero attached hydrogens (tertiary/aromatic N) is 5. The van der Waals surface area contributed by atoms with Crippen LogP contribution < -0.4 is 5.73 Å². The van der Waals surface area contributed by atoms with E-state index in [0.29, 0.717) is 19.4 Å². The molecule has 12 nitrogen and oxygen atoms in total. The van der Waals surface area contributed by atoms with Crippen LogP contribution in [0.2, 0.25) is 0 Å². The maximum Gasteiger partial charge on any atom is 0.404 e. The lowest BCUT2D eigenvalue weighted by Crippen LogP contribution is -2.44. The highest BCUT2D eigenvalue weighted by Crippen LogP contribution is 2.38. The minimum absolute atomic E-state index is 0.0188. The maximum absolute atomic E-state index is 14.2. The number of imidazole rings is 2. The lowest BCUT2D eigenvalue weighted by Gasteiger charge is -2.34. The zero-order valence-corrected chi connectivity index (χ0v) is 33.5. The average molecular weight is 783 g/mol. The molecule has 3 unspecified atom stereocenters. The Balaban J connectivity index is 0.922. The van der Waals surface area contributed by atoms with Crippen molar-refractivity contribution < 1.29 is 19.1 Å². The summed E-state index contributed by atoms with van der Waals surface area (Å²) in [5.74, 6) is 1.38. The highest BCUT2D eigenvalue weighted by atomic mass is 16.6. The van der Waals surface area contributed by atoms with Gasteiger partial charge in [-0.15, -0.1) is 0 Å². The highest BCUT2D eigenvalue weighted by Gasteiger charge is 2.41. The smallest absolute Gasteiger partial charge is 0.404 e. The van der Waals surface area contributed by atoms with E-state index in [-0.39, 0.29) is 35.9 Å². The van der Waals surface area contributed by atoms with Crippen molar-refractivity contribution in [2.45, 2.75) is 89.4 Å². The van der Waals surface area contributed by atoms with Gasteiger partial charge in [0.1, 0.15) is 23.8 Å². The zero-order valence-electron chi connectivity index (χ0n) is 33.5. The molecule has 3 aromatic carbocycles. The summed E-state index contributed by atoms with van der Waals surface area (Å²) in [5, 5.41) is 0. The van der Waals surface area contributed by atoms with Gasteiger partial charge in [-0.3, -0.25) is 14.5 Å². The standard InChI is InChI=1S/C46H54N8O4/c1-3-52(4-2)41(34-12-6-5-7-13-34)45(56)54-27-11-16-39(54)43-49-29-37(51-43)33-24-20-31(21-25-33)30-18-22-32(23-19-30)36-28-48-42(50-36)38-15-10-26-53(38)44(55)35-14-8-9-17-40(35)58-46(47)57/h5-7,12-13,18-25,28-29,35,38-41H,3-4,8-11,14-17,26-27H2,1-2H3,(H2,47,57)(H,48,50)(H,49,51)/t35-,38?,39?,40+,41?/m0/s1. The molecule has 2 saturated heterocycles. The number of rotatable bonds is 12. The molecule has 12 heteroatoms. The first-order valence-electron chi connectivity index (χ1n) is 21.0. The van der Waals surface area contributed by atoms with Crippen molar-refractivity contribution in [2.24, 2.45) is 11.7 Å². The highest BCUT2D eigenvalue weighted by molar-refractivity contribution is 5.84. The summed E-state index contributed by atoms with van der Waals surface area (Å²) in [4.78, 5) is 62.3. The third-order valence-corrected chi connectivity index (χ3v) is 12.4. The van der Waals surface area contributed by atoms with Crippen LogP contribution in [0.15, 0.2) is 91.3 Å². The molecule has 0 spiro atoms. The zero-order chi connectivity index (χ0) is 40.2. The van der Waals surface area contributed by atoms with Crippen LogP contribution in [0.4, 0.5) is 4.79 Å². The van der Waals surface area contributed by atoms with Crippen LogP contribution in [0.5, 0.6) is 0 Å². The first-order valence-corrected chi connectivity index (χ1v) is 21.0. The van der Waals surface area contributed by atoms with Crippen LogP contribution in [0.25, 0.3) is 33.6 Å². The fourth-order valence-corrected chi connectivity index (χ4v) is 9.39. The molecule has 2 aromatic heterocycles. The van der Waals surface area contributed by atoms with E-state index in [9.17, 15) is 14.4 Å². The third kappa shape index (κ3) is 8.02. The van der Waals surface area contributed by atoms with Gasteiger partial charge in [0.15, 0.2) is 0 Å². The van der Waals surface area contributed by atoms with Crippen molar-refractivity contribution in [2.75, 3.05) is 26.2 Å². The van der Waals surface area contributed by atoms with Crippen LogP contribution in [0, 0.1) is 5.92 Å². The van der Waals surface area contributed by atoms with Crippen molar-refractivity contribution in [3.05, 3.63) is 108 Å². The number of aromatic amines is 2. The van der Waals surface area contributed by atoms with Crippen LogP contribution >= 0.6 is 0 Å². The Labute approximate surface area is 340 Å². The summed E-state index contributed by atoms with van der Waals surface area (Å²) < 4.78 is 5.36. The van der Waals surface area contributed by atoms with Crippen molar-refractivity contribution in [1.29, 1.82) is 0 Å². The Morgan fingerprint density at radius 2 is 1.22 bits per heavy atom. The van der Waals surface area contributed by atoms with Gasteiger partial charge >= 0.3 is 6.09 Å². The number of ether oxygens (including phenoxy) is 1. The molecule has 0 radical (unpaired) electrons. The van der Waals surface area contributed by atoms with E-state index in [4.69, 9.17) is 20.4 Å². The molecule has 3 fully saturated rings. The van der Waals surface area contributed by atoms with Gasteiger partial charge in [-0.2, -0.15) is 0 Å². The number of likely N-dealkylation sites (tertiary alicyclic amines) is 2. The van der Waals surface area contributed by atoms with E-state index in [1.807, 2.05) is 40.4 Å². The van der Waals surface area contributed by atoms with Crippen LogP contribution in [0.3, 0.4) is 0 Å². The number of benzene rings is 3. The van der Waals surface area contributed by atoms with Gasteiger partial charge in [-0.25, -0.2) is 14.8 Å². The normalized spacial score (nSPS) is 21.4. The number of nitrogens with one attached hydrogen (secondary N) is 2. The second-order valence-corrected chi connectivity index (χ2v) is 15.8. The molecule has 1 aliphatic carbocycles. The van der Waals surface area contributed by atoms with Crippen molar-refractivity contribution in [1.82, 2.24) is 34.6 Å². The lowest BCUT2D eigenvalue weighted by molar-refractivity contribution is -0.142. The Hall–Kier alpha value is -5.75. The summed E-state index contributed by atoms with van der Waals surface area (Å²) >= 11 is 0. The molecule has 3 aliphatic rings. The molecule has 8 rings (SSSR count). The van der Waals surface area contributed by atoms with Crippen molar-refractivity contribution >= 4 is 17.9 Å². The molecule has 58 heavy (non-hydrogen) atoms. The van der Waals surface area contributed by atoms with E-state index < -0.39 is 12.2 Å². The summed E-state index contributed by atoms with van der Waals surface area (Å²) in [6.45, 7) is 7.18. The Morgan fingerprint density at radius 3 is 1.78 bits per heavy atom. The summed E-state index contributed by atoms with van der Waals surface area (Å²) in [6.07, 6.45) is 9.16. The number of carbonyl (C=O) groups is 3. The minimum atomic E-state index is -0.824. The first kappa shape index (κ1) is 39.1. The number of hydrogen-bond donors (Lipinski definition) is 3. The number of amides is 3. The number of nitrogens with two attached hydrogens (primary N) is 1. The molecule has 1 saturated carbocycles. The van der Waals surface area contributed by atoms with Gasteiger partial charge in [0.25, 0.3) is 0 Å². The van der Waals surface area contributed by atoms with E-state index in [0.717, 1.165) is 109 Å². The van der Waals surface area contributed by atoms with Gasteiger partial charge < -0.3 is 30.2 Å². The second kappa shape index (κ2) is 17.4. The van der Waals surface area contributed by atoms with Gasteiger partial charge in [-0.1, -0.05) is 99.1 Å². The molecule has 5 aromatic rings. The van der Waals surface area contributed by atoms with E-state index >= 15 is 0 Å². The maximum atomic E-state index is 14.2. The Kier molecular flexibility index (Phi) is 11.7. The lowest BCUT2D eigenvalue weighted by atomic mass is 9.85. The fraction of sp³-hybridized carbons (Fsp3) is 0.413. The van der Waals surface area contributed by atoms with E-state index in [1.54, 1.807) is 0 Å². The monoisotopic (exact) mass is 782 g/mol. The molecule has 0 bridgehead atoms. The molecule has 4 N–H and O–H groups in total. The topological polar surface area (TPSA) is 154 Å². The third-order valence-electron chi connectivity index (χ3n) is 12.4. The fourth-order valence-electron chi connectivity index (χ4n) is 9.39. The summed E-state index contributed by atoms with van der Waals surface area (Å²) in [6, 6.07) is 26.4. The minimum Gasteiger partial charge on any atom is -0.446 e. The number of hydrogen-bond acceptors (Lipinski definition) is 7. The number of likely N-dealkylation sites (N-methyl/N-ethyl adjacent to an activating group) is 1. The number of carbonyl (C=O) groups excluding carboxylic acids is 3. The quantitative estimate of drug-likeness (QED) is 0.115. The van der Waals surface area contributed by atoms with Crippen LogP contribution in [-0.4, -0.2) is 84.8 Å². The largest absolute Gasteiger partial charge is 0.446 e. The molecular weight excluding hydrogens is 729 g/mol. The van der Waals surface area contributed by atoms with Crippen LogP contribution in [-0.2, 0) is 14.3 Å². The van der Waals surface area contributed by atoms with Crippen molar-refractivity contribution in [3.8, 4) is 33.6 Å². The Morgan fingerprint density at radius 1 is 0.707 bits per heavy atom. The second-order valence-electron chi connectivity index (χ2n) is 15.8. The predicted octanol–water partition coefficient (Wildman–Crippen LogP) is 8.20. The van der Waals surface area contributed by atoms with Crippen molar-refractivity contribution in [3.63, 3.8) is 0 Å². The molecule has 5 atom stereocenters. The van der Waals surface area contributed by atoms with Crippen LogP contribution in [0.1, 0.15) is 101 Å². The molecule has 2 aliphatic heterocycles. The van der Waals surface area contributed by atoms with Gasteiger partial charge in [0.2, 0.25) is 11.8 Å². The summed E-state index contributed by atoms with van der Waals surface area (Å²) in [5.41, 5.74) is 12.4. The SMILES string of the molecule is CCN(CC)C(C(=O)N1CCCC1c1ncc(-c2ccc(-c3ccc(-c4cnc(C5CCCN5C(=O)[C@H]5CCCC[C@H]5OC(N)=O)[nH]4)cc3)cc2)[nH]1)c1ccccc1. The number of H-pyrrole nitrogens is 2. The van der Waals surface area contributed by atoms with E-state index in [1.165, 1.54) is 0 Å². The van der Waals surface area contributed by atoms with Gasteiger partial charge in [0, 0.05) is 13.1 Å². The molecular formula is C46H54N8O4. The number of primary amides is 1. The average Bonchev–Trinajstić information content (AvgIpc) is 4.10. The first-order chi connectivity index (χ1) is 28.3. The molecule has 4 heterocycles. The Bertz CT molecular complexity index is 2180. The predicted molar refractivity (Wildman–Crippen MR) is 223 cm³/mol. The van der Waals surface area contributed by atoms with E-state index in [2.05, 4.69) is 89.4 Å². The van der Waals surface area contributed by atoms with Gasteiger partial charge in [0.05, 0.1) is 41.8 Å².